The Balaban J connectivity index is 5.61. The number of aliphatic hydroxyl groups is 1. The van der Waals surface area contributed by atoms with Crippen LogP contribution in [0.15, 0.2) is 0 Å². The number of carbonyl (C=O) groups excluding carboxylic acids is 4. The van der Waals surface area contributed by atoms with E-state index >= 15 is 0 Å². The smallest absolute Gasteiger partial charge is 0.327 e. The second-order valence-electron chi connectivity index (χ2n) is 8.37. The number of carboxylic acid groups (broad SMARTS) is 3. The number of amides is 4. The van der Waals surface area contributed by atoms with E-state index in [9.17, 15) is 43.8 Å². The maximum atomic E-state index is 12.9. The van der Waals surface area contributed by atoms with Gasteiger partial charge in [0.15, 0.2) is 0 Å². The van der Waals surface area contributed by atoms with Crippen molar-refractivity contribution in [2.24, 2.45) is 11.5 Å². The van der Waals surface area contributed by atoms with Crippen LogP contribution in [0.3, 0.4) is 0 Å². The van der Waals surface area contributed by atoms with Crippen LogP contribution in [0.5, 0.6) is 0 Å². The molecule has 0 aromatic rings. The number of unbranched alkanes of at least 4 members (excludes halogenated alkanes) is 1. The average molecular weight is 581 g/mol. The zero-order chi connectivity index (χ0) is 30.1. The van der Waals surface area contributed by atoms with Crippen molar-refractivity contribution in [3.63, 3.8) is 0 Å². The van der Waals surface area contributed by atoms with Gasteiger partial charge in [-0.3, -0.25) is 28.8 Å². The summed E-state index contributed by atoms with van der Waals surface area (Å²) in [6.45, 7) is -0.636. The van der Waals surface area contributed by atoms with Crippen LogP contribution in [0.2, 0.25) is 0 Å². The van der Waals surface area contributed by atoms with E-state index in [1.807, 2.05) is 10.6 Å². The number of thiol groups is 1. The molecule has 5 unspecified atom stereocenters. The van der Waals surface area contributed by atoms with Gasteiger partial charge >= 0.3 is 17.9 Å². The SMILES string of the molecule is NCCCCC(N)C(=O)NC(CCC(=O)O)C(=O)NC(CC(=O)O)C(=O)NC(CO)C(=O)NC(CS)C(=O)O. The molecule has 17 nitrogen and oxygen atoms in total. The van der Waals surface area contributed by atoms with Gasteiger partial charge in [0.2, 0.25) is 23.6 Å². The summed E-state index contributed by atoms with van der Waals surface area (Å²) in [5, 5.41) is 45.1. The minimum absolute atomic E-state index is 0.223. The van der Waals surface area contributed by atoms with Gasteiger partial charge in [-0.1, -0.05) is 6.42 Å². The molecular weight excluding hydrogens is 544 g/mol. The summed E-state index contributed by atoms with van der Waals surface area (Å²) in [4.78, 5) is 83.7. The molecule has 39 heavy (non-hydrogen) atoms. The molecule has 222 valence electrons. The maximum absolute atomic E-state index is 12.9. The van der Waals surface area contributed by atoms with Crippen LogP contribution in [0.25, 0.3) is 0 Å². The molecule has 0 fully saturated rings. The minimum Gasteiger partial charge on any atom is -0.481 e. The number of nitrogens with two attached hydrogens (primary N) is 2. The summed E-state index contributed by atoms with van der Waals surface area (Å²) in [5.41, 5.74) is 11.2. The number of hydrogen-bond acceptors (Lipinski definition) is 11. The monoisotopic (exact) mass is 580 g/mol. The Labute approximate surface area is 228 Å². The van der Waals surface area contributed by atoms with Gasteiger partial charge in [0.1, 0.15) is 24.2 Å². The van der Waals surface area contributed by atoms with Crippen LogP contribution < -0.4 is 32.7 Å². The first-order valence-corrected chi connectivity index (χ1v) is 12.5. The van der Waals surface area contributed by atoms with E-state index in [-0.39, 0.29) is 12.2 Å². The van der Waals surface area contributed by atoms with Gasteiger partial charge in [-0.05, 0) is 25.8 Å². The first-order chi connectivity index (χ1) is 18.3. The molecule has 0 aliphatic carbocycles. The van der Waals surface area contributed by atoms with Crippen molar-refractivity contribution in [3.05, 3.63) is 0 Å². The maximum Gasteiger partial charge on any atom is 0.327 e. The predicted octanol–water partition coefficient (Wildman–Crippen LogP) is -4.27. The highest BCUT2D eigenvalue weighted by molar-refractivity contribution is 7.80. The Morgan fingerprint density at radius 3 is 1.69 bits per heavy atom. The Hall–Kier alpha value is -3.48. The average Bonchev–Trinajstić information content (AvgIpc) is 2.86. The lowest BCUT2D eigenvalue weighted by Crippen LogP contribution is -2.59. The molecule has 0 aliphatic heterocycles. The van der Waals surface area contributed by atoms with Crippen LogP contribution in [0.1, 0.15) is 38.5 Å². The van der Waals surface area contributed by atoms with Crippen molar-refractivity contribution in [1.82, 2.24) is 21.3 Å². The fraction of sp³-hybridized carbons (Fsp3) is 0.667. The van der Waals surface area contributed by atoms with Gasteiger partial charge in [0.25, 0.3) is 0 Å². The van der Waals surface area contributed by atoms with Crippen LogP contribution in [-0.2, 0) is 33.6 Å². The van der Waals surface area contributed by atoms with E-state index in [2.05, 4.69) is 23.3 Å². The van der Waals surface area contributed by atoms with Gasteiger partial charge in [-0.2, -0.15) is 12.6 Å². The third-order valence-electron chi connectivity index (χ3n) is 5.21. The second-order valence-corrected chi connectivity index (χ2v) is 8.73. The number of carbonyl (C=O) groups is 7. The molecule has 0 radical (unpaired) electrons. The van der Waals surface area contributed by atoms with Crippen molar-refractivity contribution < 1.29 is 54.0 Å². The third kappa shape index (κ3) is 14.3. The first-order valence-electron chi connectivity index (χ1n) is 11.8. The number of rotatable bonds is 20. The Bertz CT molecular complexity index is 890. The number of aliphatic hydroxyl groups excluding tert-OH is 1. The summed E-state index contributed by atoms with van der Waals surface area (Å²) < 4.78 is 0. The summed E-state index contributed by atoms with van der Waals surface area (Å²) in [6, 6.07) is -7.57. The zero-order valence-corrected chi connectivity index (χ0v) is 21.9. The molecule has 0 bridgehead atoms. The molecule has 0 rings (SSSR count). The van der Waals surface area contributed by atoms with Crippen molar-refractivity contribution >= 4 is 54.2 Å². The number of hydrogen-bond donors (Lipinski definition) is 11. The van der Waals surface area contributed by atoms with E-state index in [0.29, 0.717) is 19.4 Å². The topological polar surface area (TPSA) is 301 Å². The molecule has 0 aliphatic rings. The number of aliphatic carboxylic acids is 3. The van der Waals surface area contributed by atoms with Gasteiger partial charge in [0.05, 0.1) is 19.1 Å². The van der Waals surface area contributed by atoms with E-state index < -0.39 is 97.6 Å². The lowest BCUT2D eigenvalue weighted by atomic mass is 10.1. The number of nitrogens with one attached hydrogen (secondary N) is 4. The van der Waals surface area contributed by atoms with Gasteiger partial charge < -0.3 is 53.2 Å². The summed E-state index contributed by atoms with van der Waals surface area (Å²) >= 11 is 3.77. The van der Waals surface area contributed by atoms with Gasteiger partial charge in [-0.15, -0.1) is 0 Å². The molecule has 5 atom stereocenters. The molecule has 0 aromatic carbocycles. The van der Waals surface area contributed by atoms with Crippen LogP contribution in [-0.4, -0.2) is 111 Å². The summed E-state index contributed by atoms with van der Waals surface area (Å²) in [7, 11) is 0. The molecule has 0 saturated carbocycles. The quantitative estimate of drug-likeness (QED) is 0.0480. The first kappa shape index (κ1) is 35.5. The van der Waals surface area contributed by atoms with E-state index in [0.717, 1.165) is 0 Å². The molecule has 18 heteroatoms. The minimum atomic E-state index is -1.83. The third-order valence-corrected chi connectivity index (χ3v) is 5.58. The molecule has 0 heterocycles. The molecule has 0 aromatic heterocycles. The fourth-order valence-corrected chi connectivity index (χ4v) is 3.28. The van der Waals surface area contributed by atoms with E-state index in [1.165, 1.54) is 0 Å². The molecular formula is C21H36N6O11S. The van der Waals surface area contributed by atoms with Crippen LogP contribution in [0.4, 0.5) is 0 Å². The Morgan fingerprint density at radius 2 is 1.21 bits per heavy atom. The standard InChI is InChI=1S/C21H36N6O11S/c22-6-2-1-3-10(23)17(33)24-11(4-5-15(29)30)18(34)25-12(7-16(31)32)19(35)26-13(8-28)20(36)27-14(9-39)21(37)38/h10-14,28,39H,1-9,22-23H2,(H,24,33)(H,25,34)(H,26,35)(H,27,36)(H,29,30)(H,31,32)(H,37,38). The van der Waals surface area contributed by atoms with E-state index in [1.54, 1.807) is 0 Å². The zero-order valence-electron chi connectivity index (χ0n) is 21.0. The summed E-state index contributed by atoms with van der Waals surface area (Å²) in [6.07, 6.45) is -0.664. The van der Waals surface area contributed by atoms with E-state index in [4.69, 9.17) is 21.7 Å². The second kappa shape index (κ2) is 18.7. The van der Waals surface area contributed by atoms with Crippen molar-refractivity contribution in [2.45, 2.75) is 68.7 Å². The lowest BCUT2D eigenvalue weighted by Gasteiger charge is -2.25. The van der Waals surface area contributed by atoms with Crippen LogP contribution in [0, 0.1) is 0 Å². The Kier molecular flexibility index (Phi) is 17.0. The van der Waals surface area contributed by atoms with Crippen molar-refractivity contribution in [3.8, 4) is 0 Å². The van der Waals surface area contributed by atoms with Crippen molar-refractivity contribution in [2.75, 3.05) is 18.9 Å². The van der Waals surface area contributed by atoms with Crippen molar-refractivity contribution in [1.29, 1.82) is 0 Å². The molecule has 0 spiro atoms. The van der Waals surface area contributed by atoms with Crippen LogP contribution >= 0.6 is 12.6 Å². The highest BCUT2D eigenvalue weighted by atomic mass is 32.1. The molecule has 12 N–H and O–H groups in total. The summed E-state index contributed by atoms with van der Waals surface area (Å²) in [5.74, 6) is -8.85. The highest BCUT2D eigenvalue weighted by Gasteiger charge is 2.32. The highest BCUT2D eigenvalue weighted by Crippen LogP contribution is 2.05. The predicted molar refractivity (Wildman–Crippen MR) is 136 cm³/mol. The van der Waals surface area contributed by atoms with Gasteiger partial charge in [0, 0.05) is 12.2 Å². The number of carboxylic acids is 3. The normalized spacial score (nSPS) is 14.6. The largest absolute Gasteiger partial charge is 0.481 e. The molecule has 4 amide bonds. The van der Waals surface area contributed by atoms with Gasteiger partial charge in [-0.25, -0.2) is 4.79 Å². The fourth-order valence-electron chi connectivity index (χ4n) is 3.04. The molecule has 0 saturated heterocycles. The Morgan fingerprint density at radius 1 is 0.692 bits per heavy atom. The lowest BCUT2D eigenvalue weighted by molar-refractivity contribution is -0.143.